The summed E-state index contributed by atoms with van der Waals surface area (Å²) >= 11 is 3.45. The van der Waals surface area contributed by atoms with Crippen LogP contribution < -0.4 is 4.74 Å². The SMILES string of the molecule is COc1ccc(-c2ncc(C#N)cc2C)cc1Br. The third kappa shape index (κ3) is 2.36. The fourth-order valence-corrected chi connectivity index (χ4v) is 2.29. The van der Waals surface area contributed by atoms with E-state index >= 15 is 0 Å². The van der Waals surface area contributed by atoms with E-state index in [2.05, 4.69) is 27.0 Å². The normalized spacial score (nSPS) is 9.89. The Kier molecular flexibility index (Phi) is 3.63. The van der Waals surface area contributed by atoms with Gasteiger partial charge in [-0.25, -0.2) is 0 Å². The van der Waals surface area contributed by atoms with Gasteiger partial charge in [-0.1, -0.05) is 0 Å². The van der Waals surface area contributed by atoms with Gasteiger partial charge < -0.3 is 4.74 Å². The van der Waals surface area contributed by atoms with Gasteiger partial charge in [-0.3, -0.25) is 4.98 Å². The number of pyridine rings is 1. The second-order valence-electron chi connectivity index (χ2n) is 3.85. The van der Waals surface area contributed by atoms with Crippen molar-refractivity contribution in [1.82, 2.24) is 4.98 Å². The van der Waals surface area contributed by atoms with Crippen LogP contribution in [0.25, 0.3) is 11.3 Å². The summed E-state index contributed by atoms with van der Waals surface area (Å²) in [6.45, 7) is 1.95. The van der Waals surface area contributed by atoms with Crippen molar-refractivity contribution in [2.45, 2.75) is 6.92 Å². The van der Waals surface area contributed by atoms with Crippen LogP contribution in [-0.4, -0.2) is 12.1 Å². The first kappa shape index (κ1) is 12.6. The molecule has 18 heavy (non-hydrogen) atoms. The molecule has 0 radical (unpaired) electrons. The Labute approximate surface area is 114 Å². The maximum Gasteiger partial charge on any atom is 0.133 e. The van der Waals surface area contributed by atoms with Gasteiger partial charge in [0.15, 0.2) is 0 Å². The second-order valence-corrected chi connectivity index (χ2v) is 4.70. The molecular weight excluding hydrogens is 292 g/mol. The molecule has 0 fully saturated rings. The van der Waals surface area contributed by atoms with Gasteiger partial charge in [0.2, 0.25) is 0 Å². The molecule has 0 N–H and O–H groups in total. The molecule has 3 nitrogen and oxygen atoms in total. The van der Waals surface area contributed by atoms with Crippen LogP contribution in [0.1, 0.15) is 11.1 Å². The number of hydrogen-bond donors (Lipinski definition) is 0. The van der Waals surface area contributed by atoms with Crippen LogP contribution in [0.15, 0.2) is 34.9 Å². The molecule has 0 aliphatic heterocycles. The molecule has 2 rings (SSSR count). The summed E-state index contributed by atoms with van der Waals surface area (Å²) in [5.74, 6) is 0.782. The first-order valence-corrected chi connectivity index (χ1v) is 6.15. The third-order valence-corrected chi connectivity index (χ3v) is 3.25. The molecule has 1 aromatic carbocycles. The van der Waals surface area contributed by atoms with Crippen LogP contribution in [-0.2, 0) is 0 Å². The Hall–Kier alpha value is -1.86. The van der Waals surface area contributed by atoms with Gasteiger partial charge in [-0.05, 0) is 52.7 Å². The number of halogens is 1. The average molecular weight is 303 g/mol. The van der Waals surface area contributed by atoms with Crippen LogP contribution in [0.3, 0.4) is 0 Å². The fraction of sp³-hybridized carbons (Fsp3) is 0.143. The minimum atomic E-state index is 0.573. The minimum Gasteiger partial charge on any atom is -0.496 e. The Morgan fingerprint density at radius 3 is 2.67 bits per heavy atom. The maximum atomic E-state index is 8.82. The van der Waals surface area contributed by atoms with Crippen LogP contribution in [0.5, 0.6) is 5.75 Å². The van der Waals surface area contributed by atoms with Crippen LogP contribution in [0, 0.1) is 18.3 Å². The third-order valence-electron chi connectivity index (χ3n) is 2.63. The molecule has 0 atom stereocenters. The second kappa shape index (κ2) is 5.19. The number of hydrogen-bond acceptors (Lipinski definition) is 3. The number of methoxy groups -OCH3 is 1. The van der Waals surface area contributed by atoms with E-state index in [0.29, 0.717) is 5.56 Å². The molecule has 0 unspecified atom stereocenters. The molecule has 1 aromatic heterocycles. The van der Waals surface area contributed by atoms with Gasteiger partial charge in [0, 0.05) is 11.8 Å². The summed E-state index contributed by atoms with van der Waals surface area (Å²) in [7, 11) is 1.63. The summed E-state index contributed by atoms with van der Waals surface area (Å²) in [5.41, 5.74) is 3.41. The van der Waals surface area contributed by atoms with Gasteiger partial charge in [-0.2, -0.15) is 5.26 Å². The number of rotatable bonds is 2. The predicted molar refractivity (Wildman–Crippen MR) is 73.4 cm³/mol. The van der Waals surface area contributed by atoms with Crippen molar-refractivity contribution in [2.75, 3.05) is 7.11 Å². The molecule has 0 aliphatic rings. The highest BCUT2D eigenvalue weighted by molar-refractivity contribution is 9.10. The first-order chi connectivity index (χ1) is 8.65. The zero-order chi connectivity index (χ0) is 13.1. The van der Waals surface area contributed by atoms with Crippen molar-refractivity contribution in [3.63, 3.8) is 0 Å². The van der Waals surface area contributed by atoms with E-state index in [1.807, 2.05) is 31.2 Å². The quantitative estimate of drug-likeness (QED) is 0.850. The van der Waals surface area contributed by atoms with Gasteiger partial charge in [0.05, 0.1) is 22.8 Å². The Balaban J connectivity index is 2.49. The van der Waals surface area contributed by atoms with Crippen molar-refractivity contribution in [2.24, 2.45) is 0 Å². The number of nitriles is 1. The molecule has 0 spiro atoms. The molecule has 0 saturated heterocycles. The standard InChI is InChI=1S/C14H11BrN2O/c1-9-5-10(7-16)8-17-14(9)11-3-4-13(18-2)12(15)6-11/h3-6,8H,1-2H3. The van der Waals surface area contributed by atoms with E-state index in [9.17, 15) is 0 Å². The number of aromatic nitrogens is 1. The average Bonchev–Trinajstić information content (AvgIpc) is 2.38. The maximum absolute atomic E-state index is 8.82. The number of aryl methyl sites for hydroxylation is 1. The lowest BCUT2D eigenvalue weighted by molar-refractivity contribution is 0.412. The predicted octanol–water partition coefficient (Wildman–Crippen LogP) is 3.70. The summed E-state index contributed by atoms with van der Waals surface area (Å²) in [5, 5.41) is 8.82. The number of nitrogens with zero attached hydrogens (tertiary/aromatic N) is 2. The van der Waals surface area contributed by atoms with E-state index in [0.717, 1.165) is 27.0 Å². The van der Waals surface area contributed by atoms with Gasteiger partial charge in [-0.15, -0.1) is 0 Å². The van der Waals surface area contributed by atoms with E-state index in [1.54, 1.807) is 13.3 Å². The summed E-state index contributed by atoms with van der Waals surface area (Å²) < 4.78 is 6.07. The van der Waals surface area contributed by atoms with E-state index < -0.39 is 0 Å². The molecule has 0 aliphatic carbocycles. The Morgan fingerprint density at radius 1 is 1.33 bits per heavy atom. The topological polar surface area (TPSA) is 45.9 Å². The lowest BCUT2D eigenvalue weighted by atomic mass is 10.1. The summed E-state index contributed by atoms with van der Waals surface area (Å²) in [6, 6.07) is 9.71. The molecule has 90 valence electrons. The van der Waals surface area contributed by atoms with Gasteiger partial charge in [0.1, 0.15) is 11.8 Å². The minimum absolute atomic E-state index is 0.573. The van der Waals surface area contributed by atoms with Crippen molar-refractivity contribution in [3.05, 3.63) is 46.1 Å². The van der Waals surface area contributed by atoms with E-state index in [1.165, 1.54) is 0 Å². The Morgan fingerprint density at radius 2 is 2.11 bits per heavy atom. The van der Waals surface area contributed by atoms with Crippen molar-refractivity contribution in [3.8, 4) is 23.1 Å². The van der Waals surface area contributed by atoms with E-state index in [4.69, 9.17) is 10.00 Å². The smallest absolute Gasteiger partial charge is 0.133 e. The lowest BCUT2D eigenvalue weighted by Crippen LogP contribution is -1.91. The first-order valence-electron chi connectivity index (χ1n) is 5.36. The molecule has 4 heteroatoms. The number of ether oxygens (including phenoxy) is 1. The molecular formula is C14H11BrN2O. The zero-order valence-electron chi connectivity index (χ0n) is 10.1. The molecule has 1 heterocycles. The van der Waals surface area contributed by atoms with E-state index in [-0.39, 0.29) is 0 Å². The Bertz CT molecular complexity index is 632. The van der Waals surface area contributed by atoms with Crippen LogP contribution >= 0.6 is 15.9 Å². The fourth-order valence-electron chi connectivity index (χ4n) is 1.75. The molecule has 0 saturated carbocycles. The summed E-state index contributed by atoms with van der Waals surface area (Å²) in [4.78, 5) is 4.33. The van der Waals surface area contributed by atoms with Crippen molar-refractivity contribution >= 4 is 15.9 Å². The number of benzene rings is 1. The zero-order valence-corrected chi connectivity index (χ0v) is 11.7. The highest BCUT2D eigenvalue weighted by atomic mass is 79.9. The van der Waals surface area contributed by atoms with Crippen LogP contribution in [0.4, 0.5) is 0 Å². The lowest BCUT2D eigenvalue weighted by Gasteiger charge is -2.08. The molecule has 0 amide bonds. The molecule has 2 aromatic rings. The highest BCUT2D eigenvalue weighted by Crippen LogP contribution is 2.30. The van der Waals surface area contributed by atoms with Crippen molar-refractivity contribution in [1.29, 1.82) is 5.26 Å². The van der Waals surface area contributed by atoms with Crippen molar-refractivity contribution < 1.29 is 4.74 Å². The largest absolute Gasteiger partial charge is 0.496 e. The summed E-state index contributed by atoms with van der Waals surface area (Å²) in [6.07, 6.45) is 1.58. The van der Waals surface area contributed by atoms with Gasteiger partial charge >= 0.3 is 0 Å². The van der Waals surface area contributed by atoms with Crippen LogP contribution in [0.2, 0.25) is 0 Å². The van der Waals surface area contributed by atoms with Gasteiger partial charge in [0.25, 0.3) is 0 Å². The molecule has 0 bridgehead atoms. The monoisotopic (exact) mass is 302 g/mol. The highest BCUT2D eigenvalue weighted by Gasteiger charge is 2.07.